The zero-order chi connectivity index (χ0) is 23.5. The second kappa shape index (κ2) is 9.56. The summed E-state index contributed by atoms with van der Waals surface area (Å²) in [5, 5.41) is 2.71. The largest absolute Gasteiger partial charge is 0.497 e. The monoisotopic (exact) mass is 481 g/mol. The molecular weight excluding hydrogens is 462 g/mol. The van der Waals surface area contributed by atoms with Gasteiger partial charge in [0.25, 0.3) is 11.1 Å². The molecule has 1 aromatic heterocycles. The molecule has 3 amide bonds. The van der Waals surface area contributed by atoms with E-state index >= 15 is 0 Å². The number of carbonyl (C=O) groups is 3. The SMILES string of the molecule is COc1ccc(-n2c(C)ccc2/C=C2\SC(=O)N(CC(=O)Nc3ccc(Cl)cc3)C2=O)cc1. The predicted molar refractivity (Wildman–Crippen MR) is 130 cm³/mol. The van der Waals surface area contributed by atoms with E-state index in [4.69, 9.17) is 16.3 Å². The molecule has 4 rings (SSSR count). The number of aryl methyl sites for hydroxylation is 1. The van der Waals surface area contributed by atoms with Crippen LogP contribution in [0.2, 0.25) is 5.02 Å². The number of hydrogen-bond donors (Lipinski definition) is 1. The molecule has 9 heteroatoms. The van der Waals surface area contributed by atoms with Crippen molar-refractivity contribution in [2.45, 2.75) is 6.92 Å². The van der Waals surface area contributed by atoms with E-state index < -0.39 is 17.1 Å². The van der Waals surface area contributed by atoms with Gasteiger partial charge in [0, 0.05) is 27.8 Å². The highest BCUT2D eigenvalue weighted by Crippen LogP contribution is 2.33. The van der Waals surface area contributed by atoms with Crippen molar-refractivity contribution >= 4 is 52.2 Å². The van der Waals surface area contributed by atoms with Crippen molar-refractivity contribution in [3.8, 4) is 11.4 Å². The first-order valence-corrected chi connectivity index (χ1v) is 11.2. The second-order valence-corrected chi connectivity index (χ2v) is 8.69. The van der Waals surface area contributed by atoms with Gasteiger partial charge in [-0.2, -0.15) is 0 Å². The number of imide groups is 1. The second-order valence-electron chi connectivity index (χ2n) is 7.26. The van der Waals surface area contributed by atoms with Crippen LogP contribution in [-0.4, -0.2) is 40.2 Å². The number of benzene rings is 2. The molecule has 7 nitrogen and oxygen atoms in total. The first-order valence-electron chi connectivity index (χ1n) is 9.99. The number of amides is 3. The smallest absolute Gasteiger partial charge is 0.294 e. The molecule has 0 atom stereocenters. The topological polar surface area (TPSA) is 80.6 Å². The van der Waals surface area contributed by atoms with Crippen molar-refractivity contribution in [2.24, 2.45) is 0 Å². The van der Waals surface area contributed by atoms with E-state index in [-0.39, 0.29) is 11.4 Å². The van der Waals surface area contributed by atoms with Crippen molar-refractivity contribution in [3.05, 3.63) is 82.0 Å². The molecule has 1 N–H and O–H groups in total. The van der Waals surface area contributed by atoms with E-state index in [0.29, 0.717) is 10.7 Å². The summed E-state index contributed by atoms with van der Waals surface area (Å²) in [6, 6.07) is 17.9. The molecule has 0 radical (unpaired) electrons. The van der Waals surface area contributed by atoms with Crippen molar-refractivity contribution in [2.75, 3.05) is 19.0 Å². The third kappa shape index (κ3) is 4.97. The molecule has 0 bridgehead atoms. The average molecular weight is 482 g/mol. The Morgan fingerprint density at radius 2 is 1.76 bits per heavy atom. The van der Waals surface area contributed by atoms with Crippen LogP contribution in [0.5, 0.6) is 5.75 Å². The summed E-state index contributed by atoms with van der Waals surface area (Å²) in [6.07, 6.45) is 1.67. The van der Waals surface area contributed by atoms with Gasteiger partial charge in [0.15, 0.2) is 0 Å². The molecule has 3 aromatic rings. The van der Waals surface area contributed by atoms with E-state index in [9.17, 15) is 14.4 Å². The molecule has 1 fully saturated rings. The average Bonchev–Trinajstić information content (AvgIpc) is 3.29. The molecule has 0 aliphatic carbocycles. The third-order valence-electron chi connectivity index (χ3n) is 5.02. The minimum atomic E-state index is -0.503. The van der Waals surface area contributed by atoms with E-state index in [1.54, 1.807) is 37.5 Å². The zero-order valence-electron chi connectivity index (χ0n) is 17.9. The fourth-order valence-corrected chi connectivity index (χ4v) is 4.35. The highest BCUT2D eigenvalue weighted by atomic mass is 35.5. The first kappa shape index (κ1) is 22.7. The van der Waals surface area contributed by atoms with Gasteiger partial charge in [-0.15, -0.1) is 0 Å². The maximum Gasteiger partial charge on any atom is 0.294 e. The molecular formula is C24H20ClN3O4S. The molecule has 1 aliphatic rings. The molecule has 33 heavy (non-hydrogen) atoms. The lowest BCUT2D eigenvalue weighted by atomic mass is 10.2. The van der Waals surface area contributed by atoms with E-state index in [1.807, 2.05) is 47.9 Å². The summed E-state index contributed by atoms with van der Waals surface area (Å²) in [5.41, 5.74) is 3.13. The summed E-state index contributed by atoms with van der Waals surface area (Å²) in [5.74, 6) is -0.238. The Morgan fingerprint density at radius 3 is 2.42 bits per heavy atom. The highest BCUT2D eigenvalue weighted by molar-refractivity contribution is 8.18. The minimum Gasteiger partial charge on any atom is -0.497 e. The van der Waals surface area contributed by atoms with Crippen molar-refractivity contribution in [1.82, 2.24) is 9.47 Å². The molecule has 0 unspecified atom stereocenters. The van der Waals surface area contributed by atoms with E-state index in [1.165, 1.54) is 0 Å². The van der Waals surface area contributed by atoms with Crippen molar-refractivity contribution in [1.29, 1.82) is 0 Å². The Bertz CT molecular complexity index is 1250. The summed E-state index contributed by atoms with van der Waals surface area (Å²) in [6.45, 7) is 1.58. The number of ether oxygens (including phenoxy) is 1. The summed E-state index contributed by atoms with van der Waals surface area (Å²) in [7, 11) is 1.60. The standard InChI is InChI=1S/C24H20ClN3O4S/c1-15-3-8-19(28(15)18-9-11-20(32-2)12-10-18)13-21-23(30)27(24(31)33-21)14-22(29)26-17-6-4-16(25)5-7-17/h3-13H,14H2,1-2H3,(H,26,29)/b21-13-. The molecule has 1 aliphatic heterocycles. The van der Waals surface area contributed by atoms with Gasteiger partial charge in [-0.05, 0) is 85.4 Å². The van der Waals surface area contributed by atoms with Crippen LogP contribution < -0.4 is 10.1 Å². The number of anilines is 1. The molecule has 2 aromatic carbocycles. The third-order valence-corrected chi connectivity index (χ3v) is 6.18. The van der Waals surface area contributed by atoms with Crippen LogP contribution in [0.3, 0.4) is 0 Å². The maximum absolute atomic E-state index is 12.9. The van der Waals surface area contributed by atoms with Gasteiger partial charge < -0.3 is 14.6 Å². The van der Waals surface area contributed by atoms with Crippen LogP contribution in [-0.2, 0) is 9.59 Å². The van der Waals surface area contributed by atoms with Crippen LogP contribution in [0.1, 0.15) is 11.4 Å². The number of carbonyl (C=O) groups excluding carboxylic acids is 3. The zero-order valence-corrected chi connectivity index (χ0v) is 19.4. The lowest BCUT2D eigenvalue weighted by molar-refractivity contribution is -0.127. The number of rotatable bonds is 6. The van der Waals surface area contributed by atoms with Crippen LogP contribution in [0.25, 0.3) is 11.8 Å². The van der Waals surface area contributed by atoms with Gasteiger partial charge in [0.1, 0.15) is 12.3 Å². The number of halogens is 1. The fraction of sp³-hybridized carbons (Fsp3) is 0.125. The molecule has 168 valence electrons. The molecule has 0 saturated carbocycles. The maximum atomic E-state index is 12.9. The Kier molecular flexibility index (Phi) is 6.57. The van der Waals surface area contributed by atoms with E-state index in [0.717, 1.165) is 39.5 Å². The lowest BCUT2D eigenvalue weighted by Gasteiger charge is -2.13. The summed E-state index contributed by atoms with van der Waals surface area (Å²) < 4.78 is 7.19. The molecule has 1 saturated heterocycles. The van der Waals surface area contributed by atoms with Gasteiger partial charge >= 0.3 is 0 Å². The first-order chi connectivity index (χ1) is 15.9. The summed E-state index contributed by atoms with van der Waals surface area (Å²) >= 11 is 6.66. The van der Waals surface area contributed by atoms with Crippen molar-refractivity contribution < 1.29 is 19.1 Å². The fourth-order valence-electron chi connectivity index (χ4n) is 3.40. The van der Waals surface area contributed by atoms with E-state index in [2.05, 4.69) is 5.32 Å². The number of nitrogens with one attached hydrogen (secondary N) is 1. The summed E-state index contributed by atoms with van der Waals surface area (Å²) in [4.78, 5) is 38.9. The number of aromatic nitrogens is 1. The number of methoxy groups -OCH3 is 1. The van der Waals surface area contributed by atoms with Crippen LogP contribution in [0.15, 0.2) is 65.6 Å². The van der Waals surface area contributed by atoms with Crippen LogP contribution in [0, 0.1) is 6.92 Å². The highest BCUT2D eigenvalue weighted by Gasteiger charge is 2.36. The van der Waals surface area contributed by atoms with Crippen LogP contribution in [0.4, 0.5) is 10.5 Å². The van der Waals surface area contributed by atoms with Crippen molar-refractivity contribution in [3.63, 3.8) is 0 Å². The lowest BCUT2D eigenvalue weighted by Crippen LogP contribution is -2.36. The Labute approximate surface area is 200 Å². The number of hydrogen-bond acceptors (Lipinski definition) is 5. The van der Waals surface area contributed by atoms with Gasteiger partial charge in [0.05, 0.1) is 12.0 Å². The number of thioether (sulfide) groups is 1. The van der Waals surface area contributed by atoms with Gasteiger partial charge in [0.2, 0.25) is 5.91 Å². The Balaban J connectivity index is 1.52. The molecule has 2 heterocycles. The van der Waals surface area contributed by atoms with Gasteiger partial charge in [-0.25, -0.2) is 0 Å². The quantitative estimate of drug-likeness (QED) is 0.494. The number of nitrogens with zero attached hydrogens (tertiary/aromatic N) is 2. The Hall–Kier alpha value is -3.49. The van der Waals surface area contributed by atoms with Crippen LogP contribution >= 0.6 is 23.4 Å². The molecule has 0 spiro atoms. The normalized spacial score (nSPS) is 14.8. The minimum absolute atomic E-state index is 0.257. The predicted octanol–water partition coefficient (Wildman–Crippen LogP) is 5.12. The van der Waals surface area contributed by atoms with Gasteiger partial charge in [-0.3, -0.25) is 19.3 Å². The van der Waals surface area contributed by atoms with Gasteiger partial charge in [-0.1, -0.05) is 11.6 Å². The Morgan fingerprint density at radius 1 is 1.06 bits per heavy atom.